The van der Waals surface area contributed by atoms with Gasteiger partial charge in [-0.15, -0.1) is 0 Å². The number of halogens is 17. The van der Waals surface area contributed by atoms with Crippen LogP contribution in [0.25, 0.3) is 11.1 Å². The summed E-state index contributed by atoms with van der Waals surface area (Å²) < 4.78 is 260. The fraction of sp³-hybridized carbons (Fsp3) is 0.400. The van der Waals surface area contributed by atoms with Crippen LogP contribution in [0.5, 0.6) is 0 Å². The van der Waals surface area contributed by atoms with E-state index in [9.17, 15) is 70.0 Å². The highest BCUT2D eigenvalue weighted by Crippen LogP contribution is 2.66. The third-order valence-electron chi connectivity index (χ3n) is 5.52. The molecule has 0 bridgehead atoms. The maximum atomic E-state index is 15.9. The average Bonchev–Trinajstić information content (AvgIpc) is 2.87. The second-order valence-electron chi connectivity index (χ2n) is 7.97. The second kappa shape index (κ2) is 9.87. The highest BCUT2D eigenvalue weighted by Gasteiger charge is 2.96. The van der Waals surface area contributed by atoms with Gasteiger partial charge in [0.15, 0.2) is 0 Å². The van der Waals surface area contributed by atoms with Gasteiger partial charge in [-0.3, -0.25) is 0 Å². The fourth-order valence-electron chi connectivity index (χ4n) is 3.31. The summed E-state index contributed by atoms with van der Waals surface area (Å²) in [5, 5.41) is -6.80. The van der Waals surface area contributed by atoms with Crippen LogP contribution in [0.1, 0.15) is 5.56 Å². The van der Waals surface area contributed by atoms with E-state index in [1.54, 1.807) is 0 Å². The topological polar surface area (TPSA) is 43.4 Å². The van der Waals surface area contributed by atoms with Gasteiger partial charge in [0.2, 0.25) is 0 Å². The molecule has 3 nitrogen and oxygen atoms in total. The summed E-state index contributed by atoms with van der Waals surface area (Å²) in [7, 11) is -7.73. The molecular weight excluding hydrogens is 643 g/mol. The van der Waals surface area contributed by atoms with E-state index in [1.165, 1.54) is 6.07 Å². The lowest BCUT2D eigenvalue weighted by Crippen LogP contribution is -2.75. The number of hydrogen-bond acceptors (Lipinski definition) is 3. The third-order valence-corrected chi connectivity index (χ3v) is 6.85. The molecule has 21 heteroatoms. The third kappa shape index (κ3) is 4.49. The molecule has 0 aliphatic heterocycles. The van der Waals surface area contributed by atoms with Crippen molar-refractivity contribution < 1.29 is 87.6 Å². The Morgan fingerprint density at radius 1 is 0.488 bits per heavy atom. The summed E-state index contributed by atoms with van der Waals surface area (Å²) in [6, 6.07) is 5.97. The minimum absolute atomic E-state index is 0.231. The molecule has 0 amide bonds. The van der Waals surface area contributed by atoms with Gasteiger partial charge in [0, 0.05) is 5.56 Å². The molecule has 1 unspecified atom stereocenters. The molecule has 0 aliphatic carbocycles. The van der Waals surface area contributed by atoms with Crippen LogP contribution in [0, 0.1) is 0 Å². The number of rotatable bonds is 10. The van der Waals surface area contributed by atoms with Gasteiger partial charge < -0.3 is 0 Å². The Kier molecular flexibility index (Phi) is 8.27. The molecule has 0 aliphatic rings. The van der Waals surface area contributed by atoms with Crippen LogP contribution in [0.4, 0.5) is 74.8 Å². The lowest BCUT2D eigenvalue weighted by Gasteiger charge is -2.44. The van der Waals surface area contributed by atoms with E-state index in [4.69, 9.17) is 0 Å². The minimum Gasteiger partial charge on any atom is -0.211 e. The molecule has 0 heterocycles. The standard InChI is InChI=1S/C20H9F17O3S/c21-13(41(38,39)40-37,12-9-5-4-8-11(12)10-6-2-1-3-7-10)14(22,23)15(24,25)16(26,27)17(28,29)18(30,31)19(32,33)20(34,35)36/h1-9H. The highest BCUT2D eigenvalue weighted by molar-refractivity contribution is 7.87. The Morgan fingerprint density at radius 3 is 1.27 bits per heavy atom. The van der Waals surface area contributed by atoms with Crippen molar-refractivity contribution in [2.24, 2.45) is 0 Å². The molecule has 0 saturated carbocycles. The first-order chi connectivity index (χ1) is 18.1. The predicted octanol–water partition coefficient (Wildman–Crippen LogP) is 8.08. The summed E-state index contributed by atoms with van der Waals surface area (Å²) in [5.74, 6) is -51.4. The van der Waals surface area contributed by atoms with Gasteiger partial charge in [0.1, 0.15) is 0 Å². The number of hydrogen-bond donors (Lipinski definition) is 0. The van der Waals surface area contributed by atoms with Crippen molar-refractivity contribution in [2.45, 2.75) is 46.7 Å². The van der Waals surface area contributed by atoms with Crippen molar-refractivity contribution in [3.05, 3.63) is 60.2 Å². The smallest absolute Gasteiger partial charge is 0.211 e. The van der Waals surface area contributed by atoms with Gasteiger partial charge in [0.25, 0.3) is 0 Å². The Morgan fingerprint density at radius 2 is 0.854 bits per heavy atom. The summed E-state index contributed by atoms with van der Waals surface area (Å²) >= 11 is 0. The van der Waals surface area contributed by atoms with Gasteiger partial charge in [-0.1, -0.05) is 59.0 Å². The summed E-state index contributed by atoms with van der Waals surface area (Å²) in [5.41, 5.74) is -4.40. The second-order valence-corrected chi connectivity index (χ2v) is 9.56. The Labute approximate surface area is 216 Å². The van der Waals surface area contributed by atoms with Crippen LogP contribution < -0.4 is 0 Å². The van der Waals surface area contributed by atoms with Crippen LogP contribution in [0.3, 0.4) is 0 Å². The van der Waals surface area contributed by atoms with E-state index in [1.807, 2.05) is 4.39 Å². The molecule has 0 spiro atoms. The van der Waals surface area contributed by atoms with E-state index in [-0.39, 0.29) is 6.07 Å². The summed E-state index contributed by atoms with van der Waals surface area (Å²) in [4.78, 5) is 0. The van der Waals surface area contributed by atoms with Crippen LogP contribution in [0.15, 0.2) is 54.6 Å². The van der Waals surface area contributed by atoms with E-state index in [0.717, 1.165) is 30.3 Å². The average molecular weight is 652 g/mol. The minimum atomic E-state index is -8.84. The number of benzene rings is 2. The van der Waals surface area contributed by atoms with Crippen molar-refractivity contribution in [1.29, 1.82) is 0 Å². The zero-order valence-electron chi connectivity index (χ0n) is 18.8. The Balaban J connectivity index is 2.98. The normalized spacial score (nSPS) is 16.4. The Hall–Kier alpha value is -2.84. The first kappa shape index (κ1) is 34.4. The predicted molar refractivity (Wildman–Crippen MR) is 102 cm³/mol. The van der Waals surface area contributed by atoms with Crippen molar-refractivity contribution in [2.75, 3.05) is 0 Å². The quantitative estimate of drug-likeness (QED) is 0.244. The van der Waals surface area contributed by atoms with E-state index in [2.05, 4.69) is 0 Å². The maximum absolute atomic E-state index is 15.9. The van der Waals surface area contributed by atoms with Crippen molar-refractivity contribution in [3.8, 4) is 11.1 Å². The molecule has 1 atom stereocenters. The molecule has 2 aromatic rings. The SMILES string of the molecule is O=S(=O)(OF)C(F)(c1ccccc1-c1ccccc1)C(F)(F)C(F)(F)C(F)(F)C(F)(F)C(F)(F)C(F)(F)C(F)(F)F. The lowest BCUT2D eigenvalue weighted by atomic mass is 9.86. The van der Waals surface area contributed by atoms with Crippen LogP contribution in [0.2, 0.25) is 0 Å². The molecule has 2 rings (SSSR count). The molecule has 0 N–H and O–H groups in total. The summed E-state index contributed by atoms with van der Waals surface area (Å²) in [6.45, 7) is 0. The lowest BCUT2D eigenvalue weighted by molar-refractivity contribution is -0.456. The monoisotopic (exact) mass is 652 g/mol. The molecule has 0 fully saturated rings. The van der Waals surface area contributed by atoms with Crippen molar-refractivity contribution >= 4 is 10.1 Å². The van der Waals surface area contributed by atoms with Gasteiger partial charge in [-0.25, -0.2) is 4.39 Å². The molecular formula is C20H9F17O3S. The first-order valence-corrected chi connectivity index (χ1v) is 11.3. The van der Waals surface area contributed by atoms with Crippen molar-refractivity contribution in [1.82, 2.24) is 0 Å². The van der Waals surface area contributed by atoms with E-state index in [0.29, 0.717) is 12.1 Å². The molecule has 0 aromatic heterocycles. The van der Waals surface area contributed by atoms with Gasteiger partial charge in [-0.05, 0) is 15.7 Å². The van der Waals surface area contributed by atoms with Gasteiger partial charge >= 0.3 is 56.8 Å². The summed E-state index contributed by atoms with van der Waals surface area (Å²) in [6.07, 6.45) is -7.89. The molecule has 2 aromatic carbocycles. The fourth-order valence-corrected chi connectivity index (χ4v) is 4.28. The van der Waals surface area contributed by atoms with Gasteiger partial charge in [0.05, 0.1) is 0 Å². The molecule has 41 heavy (non-hydrogen) atoms. The molecule has 0 radical (unpaired) electrons. The van der Waals surface area contributed by atoms with Crippen LogP contribution in [-0.2, 0) is 19.5 Å². The molecule has 0 saturated heterocycles. The first-order valence-electron chi connectivity index (χ1n) is 9.87. The van der Waals surface area contributed by atoms with E-state index < -0.39 is 73.5 Å². The zero-order chi connectivity index (χ0) is 32.3. The molecule has 232 valence electrons. The largest absolute Gasteiger partial charge is 0.460 e. The highest BCUT2D eigenvalue weighted by atomic mass is 32.2. The zero-order valence-corrected chi connectivity index (χ0v) is 19.6. The van der Waals surface area contributed by atoms with Crippen LogP contribution in [-0.4, -0.2) is 50.1 Å². The van der Waals surface area contributed by atoms with Gasteiger partial charge in [-0.2, -0.15) is 74.3 Å². The Bertz CT molecular complexity index is 1360. The van der Waals surface area contributed by atoms with Crippen molar-refractivity contribution in [3.63, 3.8) is 0 Å². The number of alkyl halides is 16. The van der Waals surface area contributed by atoms with Crippen LogP contribution >= 0.6 is 0 Å². The van der Waals surface area contributed by atoms with E-state index >= 15 is 13.2 Å². The maximum Gasteiger partial charge on any atom is 0.460 e.